The Bertz CT molecular complexity index is 985. The maximum atomic E-state index is 12.0. The summed E-state index contributed by atoms with van der Waals surface area (Å²) in [6.07, 6.45) is 3.47. The van der Waals surface area contributed by atoms with Crippen molar-refractivity contribution in [3.05, 3.63) is 47.2 Å². The van der Waals surface area contributed by atoms with Gasteiger partial charge >= 0.3 is 0 Å². The molecule has 3 aromatic rings. The number of aliphatic hydroxyl groups is 2. The molecule has 4 N–H and O–H groups in total. The summed E-state index contributed by atoms with van der Waals surface area (Å²) in [6.45, 7) is 2.79. The van der Waals surface area contributed by atoms with Crippen LogP contribution in [0.2, 0.25) is 0 Å². The van der Waals surface area contributed by atoms with Gasteiger partial charge in [-0.2, -0.15) is 0 Å². The van der Waals surface area contributed by atoms with Crippen molar-refractivity contribution in [1.82, 2.24) is 9.55 Å². The van der Waals surface area contributed by atoms with Gasteiger partial charge in [0.15, 0.2) is 0 Å². The molecule has 0 saturated carbocycles. The summed E-state index contributed by atoms with van der Waals surface area (Å²) < 4.78 is 13.5. The average molecular weight is 373 g/mol. The van der Waals surface area contributed by atoms with Crippen LogP contribution in [0.4, 0.5) is 0 Å². The normalized spacial score (nSPS) is 11.9. The first-order valence-electron chi connectivity index (χ1n) is 8.49. The molecule has 144 valence electrons. The number of hydrogen-bond donors (Lipinski definition) is 3. The minimum absolute atomic E-state index is 0.178. The molecule has 8 nitrogen and oxygen atoms in total. The van der Waals surface area contributed by atoms with E-state index < -0.39 is 11.3 Å². The number of imidazole rings is 1. The molecule has 1 aromatic carbocycles. The van der Waals surface area contributed by atoms with E-state index in [1.807, 2.05) is 11.6 Å². The Hall–Kier alpha value is -2.84. The molecule has 2 aromatic heterocycles. The summed E-state index contributed by atoms with van der Waals surface area (Å²) in [7, 11) is 1.85. The van der Waals surface area contributed by atoms with Crippen molar-refractivity contribution in [1.29, 1.82) is 0 Å². The zero-order chi connectivity index (χ0) is 19.8. The van der Waals surface area contributed by atoms with Crippen LogP contribution >= 0.6 is 0 Å². The van der Waals surface area contributed by atoms with Gasteiger partial charge in [0.05, 0.1) is 18.8 Å². The Labute approximate surface area is 156 Å². The Balaban J connectivity index is 2.22. The molecule has 0 aliphatic carbocycles. The number of rotatable bonds is 7. The summed E-state index contributed by atoms with van der Waals surface area (Å²) in [5, 5.41) is 20.4. The van der Waals surface area contributed by atoms with Gasteiger partial charge in [0.25, 0.3) is 5.91 Å². The second kappa shape index (κ2) is 7.05. The van der Waals surface area contributed by atoms with Gasteiger partial charge < -0.3 is 29.7 Å². The zero-order valence-corrected chi connectivity index (χ0v) is 15.5. The van der Waals surface area contributed by atoms with Gasteiger partial charge in [-0.3, -0.25) is 4.79 Å². The molecule has 8 heteroatoms. The summed E-state index contributed by atoms with van der Waals surface area (Å²) in [4.78, 5) is 16.3. The summed E-state index contributed by atoms with van der Waals surface area (Å²) in [5.74, 6) is 0.846. The van der Waals surface area contributed by atoms with E-state index in [0.717, 1.165) is 0 Å². The number of aryl methyl sites for hydroxylation is 2. The third-order valence-corrected chi connectivity index (χ3v) is 4.82. The van der Waals surface area contributed by atoms with E-state index in [9.17, 15) is 15.0 Å². The Kier molecular flexibility index (Phi) is 4.95. The van der Waals surface area contributed by atoms with E-state index in [1.54, 1.807) is 38.4 Å². The van der Waals surface area contributed by atoms with Gasteiger partial charge in [-0.1, -0.05) is 6.92 Å². The van der Waals surface area contributed by atoms with Gasteiger partial charge in [-0.15, -0.1) is 0 Å². The minimum atomic E-state index is -1.07. The van der Waals surface area contributed by atoms with Crippen LogP contribution in [0, 0.1) is 6.92 Å². The third kappa shape index (κ3) is 3.17. The number of nitrogens with two attached hydrogens (primary N) is 1. The van der Waals surface area contributed by atoms with E-state index in [1.165, 1.54) is 0 Å². The third-order valence-electron chi connectivity index (χ3n) is 4.82. The molecule has 0 aliphatic rings. The number of primary amides is 1. The van der Waals surface area contributed by atoms with E-state index >= 15 is 0 Å². The first kappa shape index (κ1) is 18.9. The fourth-order valence-electron chi connectivity index (χ4n) is 3.19. The highest BCUT2D eigenvalue weighted by molar-refractivity contribution is 6.08. The standard InChI is InChI=1S/C19H23N3O5/c1-11-15(18(20)25)16-12(27-11)4-5-13(17(16)19(2,9-23)10-24)26-8-14-21-6-7-22(14)3/h4-7,23-24H,8-10H2,1-3H3,(H2,20,25). The lowest BCUT2D eigenvalue weighted by molar-refractivity contribution is 0.0999. The quantitative estimate of drug-likeness (QED) is 0.575. The van der Waals surface area contributed by atoms with Gasteiger partial charge in [0.1, 0.15) is 29.5 Å². The monoisotopic (exact) mass is 373 g/mol. The molecule has 27 heavy (non-hydrogen) atoms. The predicted molar refractivity (Wildman–Crippen MR) is 98.5 cm³/mol. The van der Waals surface area contributed by atoms with E-state index in [-0.39, 0.29) is 25.4 Å². The van der Waals surface area contributed by atoms with Gasteiger partial charge in [-0.05, 0) is 19.1 Å². The molecular weight excluding hydrogens is 350 g/mol. The molecule has 0 spiro atoms. The molecule has 0 unspecified atom stereocenters. The van der Waals surface area contributed by atoms with Crippen LogP contribution < -0.4 is 10.5 Å². The maximum Gasteiger partial charge on any atom is 0.252 e. The lowest BCUT2D eigenvalue weighted by Gasteiger charge is -2.28. The number of hydrogen-bond acceptors (Lipinski definition) is 6. The maximum absolute atomic E-state index is 12.0. The highest BCUT2D eigenvalue weighted by Gasteiger charge is 2.34. The number of carbonyl (C=O) groups excluding carboxylic acids is 1. The van der Waals surface area contributed by atoms with Crippen LogP contribution in [0.25, 0.3) is 11.0 Å². The Morgan fingerprint density at radius 3 is 2.63 bits per heavy atom. The lowest BCUT2D eigenvalue weighted by atomic mass is 9.80. The fourth-order valence-corrected chi connectivity index (χ4v) is 3.19. The molecule has 1 amide bonds. The molecule has 0 atom stereocenters. The van der Waals surface area contributed by atoms with E-state index in [0.29, 0.717) is 33.9 Å². The van der Waals surface area contributed by atoms with Crippen LogP contribution in [-0.2, 0) is 19.1 Å². The van der Waals surface area contributed by atoms with Crippen LogP contribution in [0.3, 0.4) is 0 Å². The van der Waals surface area contributed by atoms with Crippen molar-refractivity contribution in [2.75, 3.05) is 13.2 Å². The van der Waals surface area contributed by atoms with Crippen molar-refractivity contribution >= 4 is 16.9 Å². The molecule has 0 aliphatic heterocycles. The summed E-state index contributed by atoms with van der Waals surface area (Å²) in [5.41, 5.74) is 5.62. The summed E-state index contributed by atoms with van der Waals surface area (Å²) in [6, 6.07) is 3.37. The van der Waals surface area contributed by atoms with Crippen LogP contribution in [0.1, 0.15) is 34.4 Å². The van der Waals surface area contributed by atoms with Gasteiger partial charge in [0.2, 0.25) is 0 Å². The van der Waals surface area contributed by atoms with Gasteiger partial charge in [-0.25, -0.2) is 4.98 Å². The number of fused-ring (bicyclic) bond motifs is 1. The van der Waals surface area contributed by atoms with Crippen molar-refractivity contribution in [3.63, 3.8) is 0 Å². The van der Waals surface area contributed by atoms with Crippen molar-refractivity contribution < 1.29 is 24.2 Å². The molecule has 0 saturated heterocycles. The fraction of sp³-hybridized carbons (Fsp3) is 0.368. The number of aliphatic hydroxyl groups excluding tert-OH is 2. The topological polar surface area (TPSA) is 124 Å². The van der Waals surface area contributed by atoms with Crippen molar-refractivity contribution in [3.8, 4) is 5.75 Å². The Morgan fingerprint density at radius 2 is 2.07 bits per heavy atom. The van der Waals surface area contributed by atoms with Crippen molar-refractivity contribution in [2.45, 2.75) is 25.9 Å². The number of amides is 1. The number of aromatic nitrogens is 2. The molecule has 0 bridgehead atoms. The molecule has 3 rings (SSSR count). The second-order valence-electron chi connectivity index (χ2n) is 6.83. The number of carbonyl (C=O) groups is 1. The lowest BCUT2D eigenvalue weighted by Crippen LogP contribution is -2.32. The predicted octanol–water partition coefficient (Wildman–Crippen LogP) is 1.39. The smallest absolute Gasteiger partial charge is 0.252 e. The molecular formula is C19H23N3O5. The highest BCUT2D eigenvalue weighted by Crippen LogP contribution is 2.41. The average Bonchev–Trinajstić information content (AvgIpc) is 3.20. The first-order valence-corrected chi connectivity index (χ1v) is 8.49. The number of nitrogens with zero attached hydrogens (tertiary/aromatic N) is 2. The number of benzene rings is 1. The van der Waals surface area contributed by atoms with E-state index in [2.05, 4.69) is 4.98 Å². The number of furan rings is 1. The van der Waals surface area contributed by atoms with Crippen molar-refractivity contribution in [2.24, 2.45) is 12.8 Å². The molecule has 0 radical (unpaired) electrons. The largest absolute Gasteiger partial charge is 0.485 e. The highest BCUT2D eigenvalue weighted by atomic mass is 16.5. The van der Waals surface area contributed by atoms with Crippen LogP contribution in [0.15, 0.2) is 28.9 Å². The van der Waals surface area contributed by atoms with Gasteiger partial charge in [0, 0.05) is 35.8 Å². The molecule has 0 fully saturated rings. The second-order valence-corrected chi connectivity index (χ2v) is 6.83. The van der Waals surface area contributed by atoms with Crippen LogP contribution in [-0.4, -0.2) is 38.9 Å². The summed E-state index contributed by atoms with van der Waals surface area (Å²) >= 11 is 0. The minimum Gasteiger partial charge on any atom is -0.485 e. The SMILES string of the molecule is Cc1oc2ccc(OCc3nccn3C)c(C(C)(CO)CO)c2c1C(N)=O. The van der Waals surface area contributed by atoms with Crippen LogP contribution in [0.5, 0.6) is 5.75 Å². The first-order chi connectivity index (χ1) is 12.8. The molecule has 2 heterocycles. The zero-order valence-electron chi connectivity index (χ0n) is 15.5. The number of ether oxygens (including phenoxy) is 1. The Morgan fingerprint density at radius 1 is 1.37 bits per heavy atom. The van der Waals surface area contributed by atoms with E-state index in [4.69, 9.17) is 14.9 Å².